The van der Waals surface area contributed by atoms with E-state index < -0.39 is 0 Å². The number of benzene rings is 1. The molecule has 0 fully saturated rings. The van der Waals surface area contributed by atoms with E-state index in [-0.39, 0.29) is 5.88 Å². The van der Waals surface area contributed by atoms with Gasteiger partial charge in [-0.1, -0.05) is 12.1 Å². The molecule has 0 saturated carbocycles. The Bertz CT molecular complexity index is 428. The van der Waals surface area contributed by atoms with Crippen molar-refractivity contribution >= 4 is 10.9 Å². The normalized spacial score (nSPS) is 10.4. The number of rotatable bonds is 0. The van der Waals surface area contributed by atoms with Crippen molar-refractivity contribution in [1.82, 2.24) is 15.4 Å². The van der Waals surface area contributed by atoms with Crippen LogP contribution in [0.25, 0.3) is 10.9 Å². The largest absolute Gasteiger partial charge is 0.857 e. The second kappa shape index (κ2) is 2.41. The number of hydrogen-bond acceptors (Lipinski definition) is 4. The van der Waals surface area contributed by atoms with E-state index in [0.29, 0.717) is 10.9 Å². The molecule has 1 aromatic carbocycles. The van der Waals surface area contributed by atoms with Crippen molar-refractivity contribution in [3.05, 3.63) is 23.8 Å². The minimum atomic E-state index is -0.319. The molecule has 0 spiro atoms. The lowest BCUT2D eigenvalue weighted by atomic mass is 10.2. The van der Waals surface area contributed by atoms with Crippen LogP contribution in [0.2, 0.25) is 0 Å². The van der Waals surface area contributed by atoms with E-state index >= 15 is 0 Å². The van der Waals surface area contributed by atoms with Crippen molar-refractivity contribution in [2.24, 2.45) is 0 Å². The fourth-order valence-corrected chi connectivity index (χ4v) is 1.07. The number of aromatic nitrogens is 3. The highest BCUT2D eigenvalue weighted by molar-refractivity contribution is 5.82. The summed E-state index contributed by atoms with van der Waals surface area (Å²) in [5.41, 5.74) is 1.66. The molecule has 0 amide bonds. The Morgan fingerprint density at radius 2 is 2.08 bits per heavy atom. The Balaban J connectivity index is 2.86. The van der Waals surface area contributed by atoms with Gasteiger partial charge in [-0.3, -0.25) is 0 Å². The van der Waals surface area contributed by atoms with Crippen molar-refractivity contribution < 1.29 is 5.11 Å². The average molecular weight is 160 g/mol. The zero-order valence-electron chi connectivity index (χ0n) is 6.48. The van der Waals surface area contributed by atoms with Crippen molar-refractivity contribution in [2.75, 3.05) is 0 Å². The molecule has 4 nitrogen and oxygen atoms in total. The number of aryl methyl sites for hydroxylation is 1. The Hall–Kier alpha value is -1.71. The van der Waals surface area contributed by atoms with Crippen LogP contribution in [0.5, 0.6) is 5.88 Å². The molecule has 2 rings (SSSR count). The summed E-state index contributed by atoms with van der Waals surface area (Å²) in [6.07, 6.45) is 0. The smallest absolute Gasteiger partial charge is 0.0959 e. The van der Waals surface area contributed by atoms with Gasteiger partial charge >= 0.3 is 0 Å². The predicted octanol–water partition coefficient (Wildman–Crippen LogP) is 0.407. The molecule has 0 saturated heterocycles. The molecule has 4 heteroatoms. The van der Waals surface area contributed by atoms with Crippen molar-refractivity contribution in [3.63, 3.8) is 0 Å². The highest BCUT2D eigenvalue weighted by atomic mass is 16.3. The number of nitrogens with zero attached hydrogens (tertiary/aromatic N) is 3. The van der Waals surface area contributed by atoms with Crippen LogP contribution in [-0.2, 0) is 0 Å². The highest BCUT2D eigenvalue weighted by Gasteiger charge is 1.95. The molecule has 0 aliphatic rings. The van der Waals surface area contributed by atoms with Crippen LogP contribution in [0.15, 0.2) is 18.2 Å². The first-order valence-electron chi connectivity index (χ1n) is 3.54. The molecule has 0 bridgehead atoms. The second-order valence-corrected chi connectivity index (χ2v) is 2.62. The van der Waals surface area contributed by atoms with Crippen LogP contribution in [-0.4, -0.2) is 15.4 Å². The summed E-state index contributed by atoms with van der Waals surface area (Å²) in [7, 11) is 0. The monoisotopic (exact) mass is 160 g/mol. The van der Waals surface area contributed by atoms with Gasteiger partial charge in [0.2, 0.25) is 0 Å². The topological polar surface area (TPSA) is 61.7 Å². The minimum Gasteiger partial charge on any atom is -0.857 e. The van der Waals surface area contributed by atoms with E-state index in [1.54, 1.807) is 6.07 Å². The van der Waals surface area contributed by atoms with E-state index in [4.69, 9.17) is 0 Å². The van der Waals surface area contributed by atoms with E-state index in [0.717, 1.165) is 5.56 Å². The fourth-order valence-electron chi connectivity index (χ4n) is 1.07. The summed E-state index contributed by atoms with van der Waals surface area (Å²) >= 11 is 0. The molecule has 1 aromatic heterocycles. The maximum absolute atomic E-state index is 11.1. The highest BCUT2D eigenvalue weighted by Crippen LogP contribution is 2.16. The summed E-state index contributed by atoms with van der Waals surface area (Å²) in [5, 5.41) is 22.0. The summed E-state index contributed by atoms with van der Waals surface area (Å²) in [6.45, 7) is 1.94. The zero-order valence-corrected chi connectivity index (χ0v) is 6.48. The van der Waals surface area contributed by atoms with Gasteiger partial charge in [0.1, 0.15) is 0 Å². The van der Waals surface area contributed by atoms with E-state index in [2.05, 4.69) is 15.4 Å². The molecule has 2 aromatic rings. The van der Waals surface area contributed by atoms with Crippen LogP contribution < -0.4 is 5.11 Å². The van der Waals surface area contributed by atoms with Crippen molar-refractivity contribution in [3.8, 4) is 5.88 Å². The Kier molecular flexibility index (Phi) is 1.40. The van der Waals surface area contributed by atoms with Crippen LogP contribution in [0.1, 0.15) is 5.56 Å². The number of hydrogen-bond donors (Lipinski definition) is 0. The lowest BCUT2D eigenvalue weighted by molar-refractivity contribution is -0.273. The number of fused-ring (bicyclic) bond motifs is 1. The van der Waals surface area contributed by atoms with Gasteiger partial charge in [-0.2, -0.15) is 0 Å². The Morgan fingerprint density at radius 1 is 1.25 bits per heavy atom. The summed E-state index contributed by atoms with van der Waals surface area (Å²) in [6, 6.07) is 5.38. The SMILES string of the molecule is Cc1ccc2c([O-])nnnc2c1. The molecule has 0 atom stereocenters. The van der Waals surface area contributed by atoms with Gasteiger partial charge in [0.25, 0.3) is 0 Å². The molecule has 0 radical (unpaired) electrons. The van der Waals surface area contributed by atoms with E-state index in [1.807, 2.05) is 19.1 Å². The summed E-state index contributed by atoms with van der Waals surface area (Å²) in [5.74, 6) is -0.319. The van der Waals surface area contributed by atoms with Gasteiger partial charge in [-0.25, -0.2) is 0 Å². The molecular formula is C8H6N3O-. The summed E-state index contributed by atoms with van der Waals surface area (Å²) < 4.78 is 0. The third kappa shape index (κ3) is 0.972. The fraction of sp³-hybridized carbons (Fsp3) is 0.125. The Labute approximate surface area is 68.9 Å². The first-order valence-corrected chi connectivity index (χ1v) is 3.54. The molecule has 0 N–H and O–H groups in total. The first-order chi connectivity index (χ1) is 5.77. The quantitative estimate of drug-likeness (QED) is 0.559. The average Bonchev–Trinajstić information content (AvgIpc) is 2.04. The maximum Gasteiger partial charge on any atom is 0.0959 e. The van der Waals surface area contributed by atoms with Gasteiger partial charge in [0.05, 0.1) is 5.52 Å². The van der Waals surface area contributed by atoms with Gasteiger partial charge in [-0.15, -0.1) is 10.2 Å². The van der Waals surface area contributed by atoms with Crippen LogP contribution in [0.4, 0.5) is 0 Å². The van der Waals surface area contributed by atoms with Gasteiger partial charge < -0.3 is 5.11 Å². The zero-order chi connectivity index (χ0) is 8.55. The predicted molar refractivity (Wildman–Crippen MR) is 41.5 cm³/mol. The van der Waals surface area contributed by atoms with E-state index in [9.17, 15) is 5.11 Å². The first kappa shape index (κ1) is 6.97. The lowest BCUT2D eigenvalue weighted by Gasteiger charge is -2.05. The Morgan fingerprint density at radius 3 is 2.92 bits per heavy atom. The second-order valence-electron chi connectivity index (χ2n) is 2.62. The van der Waals surface area contributed by atoms with Crippen molar-refractivity contribution in [1.29, 1.82) is 0 Å². The third-order valence-corrected chi connectivity index (χ3v) is 1.67. The molecule has 12 heavy (non-hydrogen) atoms. The van der Waals surface area contributed by atoms with E-state index in [1.165, 1.54) is 0 Å². The van der Waals surface area contributed by atoms with Gasteiger partial charge in [0, 0.05) is 11.3 Å². The minimum absolute atomic E-state index is 0.319. The van der Waals surface area contributed by atoms with Crippen LogP contribution in [0, 0.1) is 6.92 Å². The van der Waals surface area contributed by atoms with Crippen LogP contribution in [0.3, 0.4) is 0 Å². The summed E-state index contributed by atoms with van der Waals surface area (Å²) in [4.78, 5) is 0. The molecule has 0 unspecified atom stereocenters. The van der Waals surface area contributed by atoms with Gasteiger partial charge in [0.15, 0.2) is 0 Å². The van der Waals surface area contributed by atoms with Gasteiger partial charge in [-0.05, 0) is 23.8 Å². The third-order valence-electron chi connectivity index (χ3n) is 1.67. The molecule has 60 valence electrons. The standard InChI is InChI=1S/C8H7N3O/c1-5-2-3-6-7(4-5)9-11-10-8(6)12/h2-4H,1H3,(H,9,10,12)/p-1. The molecule has 1 heterocycles. The van der Waals surface area contributed by atoms with Crippen LogP contribution >= 0.6 is 0 Å². The molecular weight excluding hydrogens is 154 g/mol. The lowest BCUT2D eigenvalue weighted by Crippen LogP contribution is -1.99. The maximum atomic E-state index is 11.1. The molecule has 0 aliphatic carbocycles. The van der Waals surface area contributed by atoms with Crippen molar-refractivity contribution in [2.45, 2.75) is 6.92 Å². The molecule has 0 aliphatic heterocycles.